The van der Waals surface area contributed by atoms with Gasteiger partial charge in [-0.25, -0.2) is 13.4 Å². The van der Waals surface area contributed by atoms with E-state index in [0.717, 1.165) is 33.9 Å². The van der Waals surface area contributed by atoms with Crippen LogP contribution < -0.4 is 0 Å². The SMILES string of the molecule is C[C@@H]1CCN(S(=O)(=O)Cc2ccc(Cl)cc2)C[C@@H]1n1ccc2cnc3[nH]ccc3c21. The molecule has 4 heterocycles. The highest BCUT2D eigenvalue weighted by molar-refractivity contribution is 7.88. The van der Waals surface area contributed by atoms with Gasteiger partial charge in [-0.05, 0) is 42.2 Å². The summed E-state index contributed by atoms with van der Waals surface area (Å²) in [4.78, 5) is 7.64. The topological polar surface area (TPSA) is 71.0 Å². The molecule has 1 aliphatic heterocycles. The highest BCUT2D eigenvalue weighted by Crippen LogP contribution is 2.35. The van der Waals surface area contributed by atoms with Gasteiger partial charge in [0.05, 0.1) is 17.3 Å². The third-order valence-electron chi connectivity index (χ3n) is 6.15. The number of sulfonamides is 1. The lowest BCUT2D eigenvalue weighted by molar-refractivity contribution is 0.204. The van der Waals surface area contributed by atoms with Crippen molar-refractivity contribution in [3.63, 3.8) is 0 Å². The zero-order valence-electron chi connectivity index (χ0n) is 16.6. The fourth-order valence-electron chi connectivity index (χ4n) is 4.45. The average molecular weight is 443 g/mol. The minimum atomic E-state index is -3.42. The van der Waals surface area contributed by atoms with Gasteiger partial charge < -0.3 is 9.55 Å². The van der Waals surface area contributed by atoms with Crippen LogP contribution in [0.25, 0.3) is 21.9 Å². The lowest BCUT2D eigenvalue weighted by Crippen LogP contribution is -2.44. The second-order valence-corrected chi connectivity index (χ2v) is 10.5. The Balaban J connectivity index is 1.47. The van der Waals surface area contributed by atoms with Crippen molar-refractivity contribution >= 4 is 43.6 Å². The van der Waals surface area contributed by atoms with E-state index in [4.69, 9.17) is 11.6 Å². The van der Waals surface area contributed by atoms with Crippen LogP contribution in [0.3, 0.4) is 0 Å². The number of benzene rings is 1. The van der Waals surface area contributed by atoms with Crippen molar-refractivity contribution in [2.75, 3.05) is 13.1 Å². The molecule has 0 spiro atoms. The molecule has 5 rings (SSSR count). The molecule has 4 aromatic rings. The van der Waals surface area contributed by atoms with Gasteiger partial charge in [0, 0.05) is 47.5 Å². The van der Waals surface area contributed by atoms with E-state index in [1.54, 1.807) is 28.6 Å². The maximum absolute atomic E-state index is 13.2. The van der Waals surface area contributed by atoms with Gasteiger partial charge in [-0.3, -0.25) is 0 Å². The van der Waals surface area contributed by atoms with E-state index in [-0.39, 0.29) is 11.8 Å². The summed E-state index contributed by atoms with van der Waals surface area (Å²) in [5.41, 5.74) is 2.70. The molecular formula is C22H23ClN4O2S. The molecule has 0 radical (unpaired) electrons. The number of H-pyrrole nitrogens is 1. The quantitative estimate of drug-likeness (QED) is 0.502. The van der Waals surface area contributed by atoms with Crippen molar-refractivity contribution in [1.29, 1.82) is 0 Å². The summed E-state index contributed by atoms with van der Waals surface area (Å²) < 4.78 is 30.2. The highest BCUT2D eigenvalue weighted by atomic mass is 35.5. The van der Waals surface area contributed by atoms with Crippen molar-refractivity contribution in [1.82, 2.24) is 18.8 Å². The number of fused-ring (bicyclic) bond motifs is 3. The number of aromatic amines is 1. The number of halogens is 1. The maximum Gasteiger partial charge on any atom is 0.218 e. The molecule has 3 aromatic heterocycles. The summed E-state index contributed by atoms with van der Waals surface area (Å²) in [6.45, 7) is 3.22. The van der Waals surface area contributed by atoms with E-state index in [9.17, 15) is 8.42 Å². The van der Waals surface area contributed by atoms with E-state index in [0.29, 0.717) is 24.0 Å². The van der Waals surface area contributed by atoms with Crippen LogP contribution in [0, 0.1) is 5.92 Å². The van der Waals surface area contributed by atoms with Crippen LogP contribution in [0.4, 0.5) is 0 Å². The molecule has 1 N–H and O–H groups in total. The summed E-state index contributed by atoms with van der Waals surface area (Å²) in [7, 11) is -3.42. The standard InChI is InChI=1S/C22H23ClN4O2S/c1-15-7-10-26(30(28,29)14-16-2-4-18(23)5-3-16)13-20(15)27-11-8-17-12-25-22-19(21(17)27)6-9-24-22/h2-6,8-9,11-12,15,20H,7,10,13-14H2,1H3,(H,24,25)/t15-,20+/m1/s1. The van der Waals surface area contributed by atoms with Gasteiger partial charge in [0.2, 0.25) is 10.0 Å². The van der Waals surface area contributed by atoms with Crippen LogP contribution in [-0.2, 0) is 15.8 Å². The smallest absolute Gasteiger partial charge is 0.218 e. The Labute approximate surface area is 180 Å². The summed E-state index contributed by atoms with van der Waals surface area (Å²) >= 11 is 5.94. The predicted molar refractivity (Wildman–Crippen MR) is 120 cm³/mol. The first-order valence-electron chi connectivity index (χ1n) is 10.1. The third kappa shape index (κ3) is 3.41. The molecular weight excluding hydrogens is 420 g/mol. The fraction of sp³-hybridized carbons (Fsp3) is 0.318. The third-order valence-corrected chi connectivity index (χ3v) is 8.22. The van der Waals surface area contributed by atoms with Crippen LogP contribution in [-0.4, -0.2) is 40.3 Å². The molecule has 1 aromatic carbocycles. The Morgan fingerprint density at radius 2 is 2.00 bits per heavy atom. The molecule has 0 aliphatic carbocycles. The Morgan fingerprint density at radius 1 is 1.20 bits per heavy atom. The number of nitrogens with zero attached hydrogens (tertiary/aromatic N) is 3. The van der Waals surface area contributed by atoms with Gasteiger partial charge in [-0.2, -0.15) is 4.31 Å². The van der Waals surface area contributed by atoms with E-state index in [1.807, 2.05) is 18.5 Å². The zero-order chi connectivity index (χ0) is 20.9. The molecule has 1 aliphatic rings. The second-order valence-electron chi connectivity index (χ2n) is 8.10. The van der Waals surface area contributed by atoms with E-state index >= 15 is 0 Å². The first-order chi connectivity index (χ1) is 14.4. The van der Waals surface area contributed by atoms with Crippen molar-refractivity contribution < 1.29 is 8.42 Å². The van der Waals surface area contributed by atoms with Crippen LogP contribution in [0.2, 0.25) is 5.02 Å². The van der Waals surface area contributed by atoms with Gasteiger partial charge in [-0.1, -0.05) is 30.7 Å². The van der Waals surface area contributed by atoms with Gasteiger partial charge in [-0.15, -0.1) is 0 Å². The molecule has 0 saturated carbocycles. The Kier molecular flexibility index (Phi) is 4.84. The van der Waals surface area contributed by atoms with E-state index < -0.39 is 10.0 Å². The maximum atomic E-state index is 13.2. The zero-order valence-corrected chi connectivity index (χ0v) is 18.2. The van der Waals surface area contributed by atoms with Crippen LogP contribution in [0.1, 0.15) is 24.9 Å². The normalized spacial score (nSPS) is 20.9. The Hall–Kier alpha value is -2.35. The summed E-state index contributed by atoms with van der Waals surface area (Å²) in [5, 5.41) is 2.73. The molecule has 6 nitrogen and oxygen atoms in total. The van der Waals surface area contributed by atoms with Crippen LogP contribution in [0.5, 0.6) is 0 Å². The molecule has 30 heavy (non-hydrogen) atoms. The number of piperidine rings is 1. The summed E-state index contributed by atoms with van der Waals surface area (Å²) in [6.07, 6.45) is 6.65. The number of hydrogen-bond donors (Lipinski definition) is 1. The van der Waals surface area contributed by atoms with Crippen LogP contribution in [0.15, 0.2) is 55.0 Å². The summed E-state index contributed by atoms with van der Waals surface area (Å²) in [5.74, 6) is 0.355. The average Bonchev–Trinajstić information content (AvgIpc) is 3.36. The molecule has 8 heteroatoms. The Morgan fingerprint density at radius 3 is 2.80 bits per heavy atom. The number of nitrogens with one attached hydrogen (secondary N) is 1. The molecule has 0 amide bonds. The molecule has 1 fully saturated rings. The van der Waals surface area contributed by atoms with E-state index in [1.165, 1.54) is 0 Å². The first-order valence-corrected chi connectivity index (χ1v) is 12.1. The highest BCUT2D eigenvalue weighted by Gasteiger charge is 2.34. The molecule has 156 valence electrons. The largest absolute Gasteiger partial charge is 0.346 e. The number of hydrogen-bond acceptors (Lipinski definition) is 3. The lowest BCUT2D eigenvalue weighted by Gasteiger charge is -2.37. The molecule has 1 saturated heterocycles. The van der Waals surface area contributed by atoms with Crippen molar-refractivity contribution in [2.45, 2.75) is 25.1 Å². The number of rotatable bonds is 4. The molecule has 2 atom stereocenters. The number of pyridine rings is 1. The lowest BCUT2D eigenvalue weighted by atomic mass is 9.94. The van der Waals surface area contributed by atoms with Gasteiger partial charge >= 0.3 is 0 Å². The monoisotopic (exact) mass is 442 g/mol. The molecule has 0 bridgehead atoms. The van der Waals surface area contributed by atoms with Crippen molar-refractivity contribution in [3.05, 3.63) is 65.6 Å². The second kappa shape index (κ2) is 7.41. The first kappa shape index (κ1) is 19.6. The van der Waals surface area contributed by atoms with E-state index in [2.05, 4.69) is 33.7 Å². The number of aromatic nitrogens is 3. The van der Waals surface area contributed by atoms with Gasteiger partial charge in [0.25, 0.3) is 0 Å². The fourth-order valence-corrected chi connectivity index (χ4v) is 6.13. The van der Waals surface area contributed by atoms with Crippen LogP contribution >= 0.6 is 11.6 Å². The van der Waals surface area contributed by atoms with Crippen molar-refractivity contribution in [2.24, 2.45) is 5.92 Å². The minimum absolute atomic E-state index is 0.0102. The predicted octanol–water partition coefficient (Wildman–Crippen LogP) is 4.58. The molecule has 0 unspecified atom stereocenters. The van der Waals surface area contributed by atoms with Gasteiger partial charge in [0.15, 0.2) is 0 Å². The summed E-state index contributed by atoms with van der Waals surface area (Å²) in [6, 6.07) is 11.2. The van der Waals surface area contributed by atoms with Gasteiger partial charge in [0.1, 0.15) is 5.65 Å². The minimum Gasteiger partial charge on any atom is -0.346 e. The Bertz CT molecular complexity index is 1310. The van der Waals surface area contributed by atoms with Crippen molar-refractivity contribution in [3.8, 4) is 0 Å².